The molecule has 1 aliphatic rings. The molecule has 5 aromatic rings. The maximum atomic E-state index is 13.4. The maximum Gasteiger partial charge on any atom is 0.335 e. The molecule has 0 aromatic heterocycles. The number of aliphatic hydroxyl groups excluding tert-OH is 1. The number of hydrogen-bond donors (Lipinski definition) is 3. The van der Waals surface area contributed by atoms with Gasteiger partial charge in [0.15, 0.2) is 12.1 Å². The molecule has 1 aliphatic heterocycles. The van der Waals surface area contributed by atoms with Crippen LogP contribution in [0.2, 0.25) is 0 Å². The van der Waals surface area contributed by atoms with Gasteiger partial charge in [-0.25, -0.2) is 4.79 Å². The van der Waals surface area contributed by atoms with Gasteiger partial charge in [0, 0.05) is 38.9 Å². The largest absolute Gasteiger partial charge is 0.478 e. The summed E-state index contributed by atoms with van der Waals surface area (Å²) in [5, 5.41) is 21.9. The summed E-state index contributed by atoms with van der Waals surface area (Å²) >= 11 is 1.56. The first-order valence-electron chi connectivity index (χ1n) is 15.8. The Morgan fingerprint density at radius 2 is 1.41 bits per heavy atom. The average Bonchev–Trinajstić information content (AvgIpc) is 3.14. The van der Waals surface area contributed by atoms with Crippen LogP contribution in [0, 0.1) is 0 Å². The number of ketones is 1. The van der Waals surface area contributed by atoms with Crippen LogP contribution in [0.4, 0.5) is 5.69 Å². The van der Waals surface area contributed by atoms with Crippen LogP contribution in [0.1, 0.15) is 78.6 Å². The van der Waals surface area contributed by atoms with Gasteiger partial charge >= 0.3 is 5.97 Å². The van der Waals surface area contributed by atoms with Crippen molar-refractivity contribution in [2.24, 2.45) is 0 Å². The Hall–Kier alpha value is -5.06. The molecule has 1 fully saturated rings. The Balaban J connectivity index is 1.33. The highest BCUT2D eigenvalue weighted by atomic mass is 32.2. The summed E-state index contributed by atoms with van der Waals surface area (Å²) in [5.74, 6) is -1.10. The zero-order valence-corrected chi connectivity index (χ0v) is 27.5. The van der Waals surface area contributed by atoms with Crippen LogP contribution >= 0.6 is 11.8 Å². The van der Waals surface area contributed by atoms with E-state index >= 15 is 0 Å². The lowest BCUT2D eigenvalue weighted by Gasteiger charge is -2.43. The molecule has 8 nitrogen and oxygen atoms in total. The number of Topliss-reactive ketones (excluding diaryl/α,β-unsaturated/α-hetero) is 1. The summed E-state index contributed by atoms with van der Waals surface area (Å²) in [6.45, 7) is 1.40. The summed E-state index contributed by atoms with van der Waals surface area (Å²) in [7, 11) is 0. The van der Waals surface area contributed by atoms with Gasteiger partial charge < -0.3 is 25.0 Å². The van der Waals surface area contributed by atoms with Gasteiger partial charge in [-0.2, -0.15) is 0 Å². The molecular weight excluding hydrogens is 639 g/mol. The van der Waals surface area contributed by atoms with Crippen molar-refractivity contribution in [2.75, 3.05) is 11.1 Å². The summed E-state index contributed by atoms with van der Waals surface area (Å²) in [4.78, 5) is 37.5. The molecular formula is C40H35NO7S. The number of thioether (sulfide) groups is 1. The van der Waals surface area contributed by atoms with E-state index in [0.29, 0.717) is 28.1 Å². The van der Waals surface area contributed by atoms with Crippen LogP contribution in [0.25, 0.3) is 0 Å². The number of carbonyl (C=O) groups excluding carboxylic acids is 2. The molecule has 248 valence electrons. The molecule has 4 unspecified atom stereocenters. The SMILES string of the molecule is CC(=O)c1cccc(NC(=O)c2cccc(C3OC(CSc4ccc(C(=O)O)cc4)C(c4ccccc4)C(c4ccc(CO)cc4)O3)c2)c1. The quantitative estimate of drug-likeness (QED) is 0.0951. The Morgan fingerprint density at radius 1 is 0.714 bits per heavy atom. The monoisotopic (exact) mass is 673 g/mol. The van der Waals surface area contributed by atoms with E-state index in [4.69, 9.17) is 9.47 Å². The summed E-state index contributed by atoms with van der Waals surface area (Å²) in [6, 6.07) is 38.4. The van der Waals surface area contributed by atoms with Crippen molar-refractivity contribution in [2.45, 2.75) is 42.8 Å². The average molecular weight is 674 g/mol. The van der Waals surface area contributed by atoms with Crippen LogP contribution in [0.15, 0.2) is 132 Å². The number of hydrogen-bond acceptors (Lipinski definition) is 7. The number of benzene rings is 5. The number of nitrogens with one attached hydrogen (secondary N) is 1. The second kappa shape index (κ2) is 15.4. The molecule has 5 aromatic carbocycles. The highest BCUT2D eigenvalue weighted by molar-refractivity contribution is 7.99. The number of anilines is 1. The third-order valence-electron chi connectivity index (χ3n) is 8.43. The van der Waals surface area contributed by atoms with Crippen molar-refractivity contribution >= 4 is 35.1 Å². The first-order chi connectivity index (χ1) is 23.8. The molecule has 1 amide bonds. The van der Waals surface area contributed by atoms with Gasteiger partial charge in [0.25, 0.3) is 5.91 Å². The highest BCUT2D eigenvalue weighted by Gasteiger charge is 2.42. The molecule has 0 bridgehead atoms. The van der Waals surface area contributed by atoms with Crippen LogP contribution in [-0.2, 0) is 16.1 Å². The Labute approximate surface area is 288 Å². The van der Waals surface area contributed by atoms with Gasteiger partial charge in [-0.1, -0.05) is 78.9 Å². The van der Waals surface area contributed by atoms with Gasteiger partial charge in [0.1, 0.15) is 0 Å². The highest BCUT2D eigenvalue weighted by Crippen LogP contribution is 2.48. The molecule has 0 aliphatic carbocycles. The minimum Gasteiger partial charge on any atom is -0.478 e. The Morgan fingerprint density at radius 3 is 2.10 bits per heavy atom. The molecule has 1 saturated heterocycles. The molecule has 1 heterocycles. The second-order valence-corrected chi connectivity index (χ2v) is 12.8. The van der Waals surface area contributed by atoms with Crippen LogP contribution in [0.5, 0.6) is 0 Å². The topological polar surface area (TPSA) is 122 Å². The lowest BCUT2D eigenvalue weighted by atomic mass is 9.84. The predicted octanol–water partition coefficient (Wildman–Crippen LogP) is 8.06. The molecule has 0 saturated carbocycles. The third kappa shape index (κ3) is 8.16. The molecule has 9 heteroatoms. The maximum absolute atomic E-state index is 13.4. The smallest absolute Gasteiger partial charge is 0.335 e. The number of aromatic carboxylic acids is 1. The van der Waals surface area contributed by atoms with E-state index in [2.05, 4.69) is 17.4 Å². The van der Waals surface area contributed by atoms with Crippen molar-refractivity contribution in [1.29, 1.82) is 0 Å². The lowest BCUT2D eigenvalue weighted by Crippen LogP contribution is -2.38. The van der Waals surface area contributed by atoms with Crippen molar-refractivity contribution in [1.82, 2.24) is 0 Å². The summed E-state index contributed by atoms with van der Waals surface area (Å²) in [5.41, 5.74) is 5.03. The zero-order valence-electron chi connectivity index (χ0n) is 26.7. The molecule has 0 spiro atoms. The predicted molar refractivity (Wildman–Crippen MR) is 188 cm³/mol. The molecule has 6 rings (SSSR count). The van der Waals surface area contributed by atoms with E-state index < -0.39 is 18.4 Å². The van der Waals surface area contributed by atoms with Gasteiger partial charge in [0.2, 0.25) is 0 Å². The van der Waals surface area contributed by atoms with E-state index in [9.17, 15) is 24.6 Å². The van der Waals surface area contributed by atoms with Gasteiger partial charge in [0.05, 0.1) is 24.4 Å². The van der Waals surface area contributed by atoms with Gasteiger partial charge in [-0.05, 0) is 72.1 Å². The van der Waals surface area contributed by atoms with E-state index in [1.807, 2.05) is 48.5 Å². The Kier molecular flexibility index (Phi) is 10.7. The number of aliphatic hydroxyl groups is 1. The van der Waals surface area contributed by atoms with Crippen molar-refractivity contribution < 1.29 is 34.1 Å². The van der Waals surface area contributed by atoms with Crippen LogP contribution < -0.4 is 5.32 Å². The Bertz CT molecular complexity index is 1930. The van der Waals surface area contributed by atoms with Crippen molar-refractivity contribution in [3.63, 3.8) is 0 Å². The van der Waals surface area contributed by atoms with Gasteiger partial charge in [-0.3, -0.25) is 9.59 Å². The summed E-state index contributed by atoms with van der Waals surface area (Å²) < 4.78 is 13.6. The standard InChI is InChI=1S/C40H35NO7S/c1-25(43)30-9-6-12-33(22-30)41-38(44)31-10-5-11-32(21-31)40-47-35(24-49-34-19-17-29(18-20-34)39(45)46)36(27-7-3-2-4-8-27)37(48-40)28-15-13-26(23-42)14-16-28/h2-22,35-37,40,42H,23-24H2,1H3,(H,41,44)(H,45,46). The van der Waals surface area contributed by atoms with E-state index in [1.54, 1.807) is 78.5 Å². The number of rotatable bonds is 11. The van der Waals surface area contributed by atoms with E-state index in [-0.39, 0.29) is 35.9 Å². The van der Waals surface area contributed by atoms with Crippen LogP contribution in [0.3, 0.4) is 0 Å². The number of carboxylic acids is 1. The lowest BCUT2D eigenvalue weighted by molar-refractivity contribution is -0.255. The van der Waals surface area contributed by atoms with Crippen LogP contribution in [-0.4, -0.2) is 39.7 Å². The number of ether oxygens (including phenoxy) is 2. The summed E-state index contributed by atoms with van der Waals surface area (Å²) in [6.07, 6.45) is -1.63. The number of amides is 1. The normalized spacial score (nSPS) is 18.8. The number of carbonyl (C=O) groups is 3. The fourth-order valence-electron chi connectivity index (χ4n) is 5.87. The first kappa shape index (κ1) is 33.8. The molecule has 0 radical (unpaired) electrons. The minimum absolute atomic E-state index is 0.0759. The minimum atomic E-state index is -0.980. The molecule has 3 N–H and O–H groups in total. The second-order valence-electron chi connectivity index (χ2n) is 11.8. The fraction of sp³-hybridized carbons (Fsp3) is 0.175. The van der Waals surface area contributed by atoms with Crippen molar-refractivity contribution in [3.8, 4) is 0 Å². The molecule has 4 atom stereocenters. The zero-order chi connectivity index (χ0) is 34.3. The molecule has 49 heavy (non-hydrogen) atoms. The first-order valence-corrected chi connectivity index (χ1v) is 16.8. The van der Waals surface area contributed by atoms with E-state index in [1.165, 1.54) is 6.92 Å². The number of carboxylic acid groups (broad SMARTS) is 1. The van der Waals surface area contributed by atoms with Crippen molar-refractivity contribution in [3.05, 3.63) is 166 Å². The van der Waals surface area contributed by atoms with Gasteiger partial charge in [-0.15, -0.1) is 11.8 Å². The fourth-order valence-corrected chi connectivity index (χ4v) is 6.84. The van der Waals surface area contributed by atoms with E-state index in [0.717, 1.165) is 21.6 Å². The third-order valence-corrected chi connectivity index (χ3v) is 9.53.